The Labute approximate surface area is 117 Å². The molecule has 5 heteroatoms. The van der Waals surface area contributed by atoms with E-state index in [4.69, 9.17) is 16.3 Å². The quantitative estimate of drug-likeness (QED) is 0.808. The lowest BCUT2D eigenvalue weighted by Crippen LogP contribution is -2.32. The molecular weight excluding hydrogens is 264 g/mol. The number of ether oxygens (including phenoxy) is 1. The number of amides is 1. The fraction of sp³-hybridized carbons (Fsp3) is 0.357. The van der Waals surface area contributed by atoms with Gasteiger partial charge in [0.1, 0.15) is 5.75 Å². The highest BCUT2D eigenvalue weighted by molar-refractivity contribution is 6.32. The zero-order valence-electron chi connectivity index (χ0n) is 10.6. The topological polar surface area (TPSA) is 50.4 Å². The van der Waals surface area contributed by atoms with Crippen LogP contribution in [0.3, 0.4) is 0 Å². The molecule has 2 rings (SSSR count). The summed E-state index contributed by atoms with van der Waals surface area (Å²) in [5, 5.41) is 6.58. The smallest absolute Gasteiger partial charge is 0.258 e. The predicted octanol–water partition coefficient (Wildman–Crippen LogP) is 1.75. The van der Waals surface area contributed by atoms with Crippen molar-refractivity contribution in [1.82, 2.24) is 10.6 Å². The van der Waals surface area contributed by atoms with E-state index in [1.54, 1.807) is 12.1 Å². The summed E-state index contributed by atoms with van der Waals surface area (Å²) in [4.78, 5) is 11.6. The molecule has 0 aromatic heterocycles. The highest BCUT2D eigenvalue weighted by Crippen LogP contribution is 2.22. The van der Waals surface area contributed by atoms with Crippen molar-refractivity contribution in [2.45, 2.75) is 6.42 Å². The van der Waals surface area contributed by atoms with Gasteiger partial charge in [-0.05, 0) is 25.1 Å². The summed E-state index contributed by atoms with van der Waals surface area (Å²) in [5.41, 5.74) is 1.25. The Hall–Kier alpha value is -1.52. The zero-order chi connectivity index (χ0) is 13.5. The monoisotopic (exact) mass is 280 g/mol. The summed E-state index contributed by atoms with van der Waals surface area (Å²) in [6.45, 7) is 2.42. The summed E-state index contributed by atoms with van der Waals surface area (Å²) in [6, 6.07) is 7.11. The van der Waals surface area contributed by atoms with E-state index in [1.165, 1.54) is 5.57 Å². The van der Waals surface area contributed by atoms with E-state index in [9.17, 15) is 4.79 Å². The van der Waals surface area contributed by atoms with Gasteiger partial charge in [-0.2, -0.15) is 0 Å². The van der Waals surface area contributed by atoms with Crippen LogP contribution in [0.5, 0.6) is 5.75 Å². The number of hydrogen-bond acceptors (Lipinski definition) is 3. The van der Waals surface area contributed by atoms with Crippen molar-refractivity contribution in [2.75, 3.05) is 26.2 Å². The van der Waals surface area contributed by atoms with Crippen molar-refractivity contribution in [3.63, 3.8) is 0 Å². The van der Waals surface area contributed by atoms with Crippen molar-refractivity contribution in [2.24, 2.45) is 0 Å². The van der Waals surface area contributed by atoms with Gasteiger partial charge in [0.05, 0.1) is 5.02 Å². The highest BCUT2D eigenvalue weighted by Gasteiger charge is 2.07. The number of rotatable bonds is 5. The third-order valence-electron chi connectivity index (χ3n) is 2.87. The van der Waals surface area contributed by atoms with Crippen LogP contribution < -0.4 is 15.4 Å². The van der Waals surface area contributed by atoms with E-state index >= 15 is 0 Å². The van der Waals surface area contributed by atoms with Crippen LogP contribution >= 0.6 is 11.6 Å². The molecule has 1 amide bonds. The maximum atomic E-state index is 11.6. The molecule has 1 aliphatic rings. The lowest BCUT2D eigenvalue weighted by molar-refractivity contribution is -0.122. The first kappa shape index (κ1) is 13.9. The van der Waals surface area contributed by atoms with Gasteiger partial charge in [-0.1, -0.05) is 35.4 Å². The maximum Gasteiger partial charge on any atom is 0.258 e. The third kappa shape index (κ3) is 4.58. The molecule has 1 heterocycles. The second-order valence-corrected chi connectivity index (χ2v) is 4.72. The fourth-order valence-electron chi connectivity index (χ4n) is 1.80. The molecule has 0 unspecified atom stereocenters. The van der Waals surface area contributed by atoms with Gasteiger partial charge in [0.2, 0.25) is 0 Å². The first-order valence-electron chi connectivity index (χ1n) is 6.28. The minimum Gasteiger partial charge on any atom is -0.482 e. The number of carbonyl (C=O) groups excluding carboxylic acids is 1. The average molecular weight is 281 g/mol. The number of carbonyl (C=O) groups is 1. The Morgan fingerprint density at radius 1 is 1.42 bits per heavy atom. The van der Waals surface area contributed by atoms with Gasteiger partial charge in [-0.15, -0.1) is 0 Å². The van der Waals surface area contributed by atoms with Crippen LogP contribution in [0, 0.1) is 0 Å². The van der Waals surface area contributed by atoms with Crippen LogP contribution in [0.25, 0.3) is 0 Å². The summed E-state index contributed by atoms with van der Waals surface area (Å²) in [6.07, 6.45) is 3.09. The third-order valence-corrected chi connectivity index (χ3v) is 3.18. The number of benzene rings is 1. The SMILES string of the molecule is O=C(COc1ccccc1Cl)NCC1=CCNCC1. The zero-order valence-corrected chi connectivity index (χ0v) is 11.4. The Balaban J connectivity index is 1.73. The summed E-state index contributed by atoms with van der Waals surface area (Å²) >= 11 is 5.93. The molecule has 0 fully saturated rings. The van der Waals surface area contributed by atoms with Crippen LogP contribution in [-0.2, 0) is 4.79 Å². The summed E-state index contributed by atoms with van der Waals surface area (Å²) < 4.78 is 5.36. The summed E-state index contributed by atoms with van der Waals surface area (Å²) in [5.74, 6) is 0.389. The lowest BCUT2D eigenvalue weighted by atomic mass is 10.1. The molecule has 0 saturated carbocycles. The molecule has 0 saturated heterocycles. The maximum absolute atomic E-state index is 11.6. The minimum atomic E-state index is -0.139. The normalized spacial score (nSPS) is 14.7. The van der Waals surface area contributed by atoms with Gasteiger partial charge in [-0.3, -0.25) is 4.79 Å². The van der Waals surface area contributed by atoms with Gasteiger partial charge in [-0.25, -0.2) is 0 Å². The molecule has 4 nitrogen and oxygen atoms in total. The van der Waals surface area contributed by atoms with Gasteiger partial charge in [0.15, 0.2) is 6.61 Å². The second-order valence-electron chi connectivity index (χ2n) is 4.31. The Morgan fingerprint density at radius 2 is 2.26 bits per heavy atom. The minimum absolute atomic E-state index is 0.0186. The van der Waals surface area contributed by atoms with Gasteiger partial charge in [0, 0.05) is 13.1 Å². The Bertz CT molecular complexity index is 474. The number of halogens is 1. The number of para-hydroxylation sites is 1. The van der Waals surface area contributed by atoms with Crippen molar-refractivity contribution >= 4 is 17.5 Å². The van der Waals surface area contributed by atoms with Crippen LogP contribution in [0.2, 0.25) is 5.02 Å². The Morgan fingerprint density at radius 3 is 3.00 bits per heavy atom. The molecule has 102 valence electrons. The van der Waals surface area contributed by atoms with E-state index in [2.05, 4.69) is 16.7 Å². The first-order valence-corrected chi connectivity index (χ1v) is 6.66. The van der Waals surface area contributed by atoms with E-state index in [1.807, 2.05) is 12.1 Å². The highest BCUT2D eigenvalue weighted by atomic mass is 35.5. The summed E-state index contributed by atoms with van der Waals surface area (Å²) in [7, 11) is 0. The lowest BCUT2D eigenvalue weighted by Gasteiger charge is -2.14. The Kier molecular flexibility index (Phi) is 5.24. The van der Waals surface area contributed by atoms with Crippen LogP contribution in [-0.4, -0.2) is 32.1 Å². The van der Waals surface area contributed by atoms with Crippen molar-refractivity contribution in [3.8, 4) is 5.75 Å². The molecular formula is C14H17ClN2O2. The molecule has 0 bridgehead atoms. The van der Waals surface area contributed by atoms with E-state index < -0.39 is 0 Å². The van der Waals surface area contributed by atoms with Crippen molar-refractivity contribution < 1.29 is 9.53 Å². The molecule has 19 heavy (non-hydrogen) atoms. The van der Waals surface area contributed by atoms with Crippen molar-refractivity contribution in [1.29, 1.82) is 0 Å². The van der Waals surface area contributed by atoms with E-state index in [0.717, 1.165) is 19.5 Å². The van der Waals surface area contributed by atoms with E-state index in [0.29, 0.717) is 17.3 Å². The van der Waals surface area contributed by atoms with Gasteiger partial charge < -0.3 is 15.4 Å². The van der Waals surface area contributed by atoms with Gasteiger partial charge in [0.25, 0.3) is 5.91 Å². The predicted molar refractivity (Wildman–Crippen MR) is 75.5 cm³/mol. The largest absolute Gasteiger partial charge is 0.482 e. The molecule has 1 aromatic carbocycles. The number of nitrogens with one attached hydrogen (secondary N) is 2. The average Bonchev–Trinajstić information content (AvgIpc) is 2.45. The van der Waals surface area contributed by atoms with Crippen LogP contribution in [0.4, 0.5) is 0 Å². The first-order chi connectivity index (χ1) is 9.25. The van der Waals surface area contributed by atoms with Gasteiger partial charge >= 0.3 is 0 Å². The molecule has 2 N–H and O–H groups in total. The second kappa shape index (κ2) is 7.16. The molecule has 1 aromatic rings. The van der Waals surface area contributed by atoms with Crippen LogP contribution in [0.1, 0.15) is 6.42 Å². The molecule has 0 atom stereocenters. The molecule has 0 spiro atoms. The standard InChI is InChI=1S/C14H17ClN2O2/c15-12-3-1-2-4-13(12)19-10-14(18)17-9-11-5-7-16-8-6-11/h1-5,16H,6-10H2,(H,17,18). The van der Waals surface area contributed by atoms with Crippen LogP contribution in [0.15, 0.2) is 35.9 Å². The molecule has 0 aliphatic carbocycles. The molecule has 1 aliphatic heterocycles. The molecule has 0 radical (unpaired) electrons. The number of hydrogen-bond donors (Lipinski definition) is 2. The van der Waals surface area contributed by atoms with E-state index in [-0.39, 0.29) is 12.5 Å². The van der Waals surface area contributed by atoms with Crippen molar-refractivity contribution in [3.05, 3.63) is 40.9 Å². The fourth-order valence-corrected chi connectivity index (χ4v) is 1.99.